The van der Waals surface area contributed by atoms with Crippen molar-refractivity contribution < 1.29 is 22.7 Å². The second-order valence-corrected chi connectivity index (χ2v) is 7.30. The van der Waals surface area contributed by atoms with E-state index in [1.54, 1.807) is 19.9 Å². The highest BCUT2D eigenvalue weighted by molar-refractivity contribution is 7.89. The molecule has 3 N–H and O–H groups in total. The fraction of sp³-hybridized carbons (Fsp3) is 0.533. The van der Waals surface area contributed by atoms with Gasteiger partial charge in [-0.05, 0) is 32.0 Å². The number of nitrogens with one attached hydrogen (secondary N) is 1. The zero-order chi connectivity index (χ0) is 17.7. The molecule has 1 heterocycles. The molecule has 8 nitrogen and oxygen atoms in total. The van der Waals surface area contributed by atoms with Crippen LogP contribution in [0.1, 0.15) is 13.8 Å². The van der Waals surface area contributed by atoms with Crippen LogP contribution < -0.4 is 15.8 Å². The molecule has 0 radical (unpaired) electrons. The van der Waals surface area contributed by atoms with Crippen molar-refractivity contribution in [2.75, 3.05) is 38.2 Å². The number of hydrogen-bond acceptors (Lipinski definition) is 6. The van der Waals surface area contributed by atoms with Gasteiger partial charge in [0.05, 0.1) is 25.9 Å². The number of nitrogens with zero attached hydrogens (tertiary/aromatic N) is 1. The predicted molar refractivity (Wildman–Crippen MR) is 89.5 cm³/mol. The van der Waals surface area contributed by atoms with E-state index in [4.69, 9.17) is 15.2 Å². The molecule has 1 fully saturated rings. The van der Waals surface area contributed by atoms with Crippen molar-refractivity contribution in [2.45, 2.75) is 24.8 Å². The number of benzene rings is 1. The summed E-state index contributed by atoms with van der Waals surface area (Å²) in [6.07, 6.45) is 0. The molecule has 134 valence electrons. The molecule has 1 saturated heterocycles. The van der Waals surface area contributed by atoms with E-state index < -0.39 is 22.0 Å². The number of amides is 1. The van der Waals surface area contributed by atoms with Crippen molar-refractivity contribution in [3.8, 4) is 5.75 Å². The van der Waals surface area contributed by atoms with E-state index in [9.17, 15) is 13.2 Å². The standard InChI is InChI=1S/C15H23N3O5S/c1-3-23-13-5-4-12(17-15(19)11(2)16)10-14(13)24(20,21)18-6-8-22-9-7-18/h4-5,10-11H,3,6-9,16H2,1-2H3,(H,17,19)/t11-/m0/s1. The molecular formula is C15H23N3O5S. The third kappa shape index (κ3) is 4.23. The van der Waals surface area contributed by atoms with E-state index in [2.05, 4.69) is 5.32 Å². The van der Waals surface area contributed by atoms with Gasteiger partial charge in [0.1, 0.15) is 10.6 Å². The quantitative estimate of drug-likeness (QED) is 0.762. The molecule has 9 heteroatoms. The molecule has 1 aromatic rings. The molecule has 24 heavy (non-hydrogen) atoms. The van der Waals surface area contributed by atoms with Crippen molar-refractivity contribution in [3.63, 3.8) is 0 Å². The van der Waals surface area contributed by atoms with E-state index in [1.165, 1.54) is 16.4 Å². The molecule has 0 spiro atoms. The lowest BCUT2D eigenvalue weighted by molar-refractivity contribution is -0.117. The third-order valence-corrected chi connectivity index (χ3v) is 5.43. The van der Waals surface area contributed by atoms with Gasteiger partial charge in [-0.1, -0.05) is 0 Å². The number of carbonyl (C=O) groups is 1. The maximum absolute atomic E-state index is 12.9. The molecule has 0 bridgehead atoms. The Bertz CT molecular complexity index is 684. The second kappa shape index (κ2) is 7.93. The summed E-state index contributed by atoms with van der Waals surface area (Å²) < 4.78 is 37.8. The molecule has 0 aliphatic carbocycles. The Morgan fingerprint density at radius 2 is 2.08 bits per heavy atom. The van der Waals surface area contributed by atoms with Gasteiger partial charge in [-0.3, -0.25) is 4.79 Å². The molecule has 1 atom stereocenters. The fourth-order valence-electron chi connectivity index (χ4n) is 2.24. The summed E-state index contributed by atoms with van der Waals surface area (Å²) in [5.74, 6) is -0.142. The minimum Gasteiger partial charge on any atom is -0.492 e. The number of morpholine rings is 1. The van der Waals surface area contributed by atoms with E-state index in [0.29, 0.717) is 25.5 Å². The van der Waals surface area contributed by atoms with Gasteiger partial charge in [0.2, 0.25) is 15.9 Å². The fourth-order valence-corrected chi connectivity index (χ4v) is 3.81. The van der Waals surface area contributed by atoms with Crippen LogP contribution in [0.15, 0.2) is 23.1 Å². The first-order valence-electron chi connectivity index (χ1n) is 7.77. The Balaban J connectivity index is 2.38. The molecule has 0 saturated carbocycles. The minimum atomic E-state index is -3.75. The minimum absolute atomic E-state index is 0.0220. The zero-order valence-corrected chi connectivity index (χ0v) is 14.6. The van der Waals surface area contributed by atoms with Gasteiger partial charge >= 0.3 is 0 Å². The van der Waals surface area contributed by atoms with Crippen molar-refractivity contribution in [1.82, 2.24) is 4.31 Å². The molecule has 1 aromatic carbocycles. The molecule has 0 unspecified atom stereocenters. The van der Waals surface area contributed by atoms with Crippen LogP contribution in [0.4, 0.5) is 5.69 Å². The van der Waals surface area contributed by atoms with Crippen LogP contribution in [0.3, 0.4) is 0 Å². The number of sulfonamides is 1. The van der Waals surface area contributed by atoms with Crippen molar-refractivity contribution in [1.29, 1.82) is 0 Å². The summed E-state index contributed by atoms with van der Waals surface area (Å²) in [5, 5.41) is 2.60. The van der Waals surface area contributed by atoms with Gasteiger partial charge in [0.25, 0.3) is 0 Å². The number of anilines is 1. The maximum Gasteiger partial charge on any atom is 0.246 e. The van der Waals surface area contributed by atoms with Crippen LogP contribution >= 0.6 is 0 Å². The van der Waals surface area contributed by atoms with Crippen molar-refractivity contribution in [3.05, 3.63) is 18.2 Å². The molecule has 1 amide bonds. The third-order valence-electron chi connectivity index (χ3n) is 3.51. The first kappa shape index (κ1) is 18.7. The van der Waals surface area contributed by atoms with Crippen LogP contribution in [-0.4, -0.2) is 57.6 Å². The number of ether oxygens (including phenoxy) is 2. The number of nitrogens with two attached hydrogens (primary N) is 1. The smallest absolute Gasteiger partial charge is 0.246 e. The monoisotopic (exact) mass is 357 g/mol. The average Bonchev–Trinajstić information content (AvgIpc) is 2.57. The Hall–Kier alpha value is -1.68. The normalized spacial score (nSPS) is 17.3. The van der Waals surface area contributed by atoms with E-state index in [1.807, 2.05) is 0 Å². The van der Waals surface area contributed by atoms with Crippen LogP contribution in [0, 0.1) is 0 Å². The highest BCUT2D eigenvalue weighted by Gasteiger charge is 2.29. The SMILES string of the molecule is CCOc1ccc(NC(=O)[C@H](C)N)cc1S(=O)(=O)N1CCOCC1. The van der Waals surface area contributed by atoms with Crippen LogP contribution in [0.2, 0.25) is 0 Å². The summed E-state index contributed by atoms with van der Waals surface area (Å²) in [4.78, 5) is 11.8. The Labute approximate surface area is 142 Å². The molecule has 1 aliphatic rings. The van der Waals surface area contributed by atoms with Gasteiger partial charge in [-0.15, -0.1) is 0 Å². The van der Waals surface area contributed by atoms with Crippen LogP contribution in [-0.2, 0) is 19.6 Å². The number of hydrogen-bond donors (Lipinski definition) is 2. The topological polar surface area (TPSA) is 111 Å². The number of carbonyl (C=O) groups excluding carboxylic acids is 1. The van der Waals surface area contributed by atoms with Gasteiger partial charge in [-0.25, -0.2) is 8.42 Å². The lowest BCUT2D eigenvalue weighted by Gasteiger charge is -2.27. The molecule has 0 aromatic heterocycles. The Morgan fingerprint density at radius 1 is 1.42 bits per heavy atom. The summed E-state index contributed by atoms with van der Waals surface area (Å²) in [6, 6.07) is 3.82. The average molecular weight is 357 g/mol. The largest absolute Gasteiger partial charge is 0.492 e. The lowest BCUT2D eigenvalue weighted by atomic mass is 10.2. The van der Waals surface area contributed by atoms with E-state index in [0.717, 1.165) is 0 Å². The van der Waals surface area contributed by atoms with Gasteiger partial charge in [0.15, 0.2) is 0 Å². The summed E-state index contributed by atoms with van der Waals surface area (Å²) in [6.45, 7) is 4.92. The van der Waals surface area contributed by atoms with Crippen molar-refractivity contribution in [2.24, 2.45) is 5.73 Å². The Kier molecular flexibility index (Phi) is 6.16. The van der Waals surface area contributed by atoms with Gasteiger partial charge in [-0.2, -0.15) is 4.31 Å². The summed E-state index contributed by atoms with van der Waals surface area (Å²) >= 11 is 0. The first-order chi connectivity index (χ1) is 11.4. The van der Waals surface area contributed by atoms with E-state index in [-0.39, 0.29) is 23.7 Å². The molecule has 2 rings (SSSR count). The lowest BCUT2D eigenvalue weighted by Crippen LogP contribution is -2.40. The van der Waals surface area contributed by atoms with Crippen molar-refractivity contribution >= 4 is 21.6 Å². The second-order valence-electron chi connectivity index (χ2n) is 5.39. The van der Waals surface area contributed by atoms with Crippen LogP contribution in [0.25, 0.3) is 0 Å². The highest BCUT2D eigenvalue weighted by atomic mass is 32.2. The van der Waals surface area contributed by atoms with Gasteiger partial charge < -0.3 is 20.5 Å². The molecule has 1 aliphatic heterocycles. The maximum atomic E-state index is 12.9. The Morgan fingerprint density at radius 3 is 2.67 bits per heavy atom. The number of rotatable bonds is 6. The van der Waals surface area contributed by atoms with E-state index >= 15 is 0 Å². The van der Waals surface area contributed by atoms with Crippen LogP contribution in [0.5, 0.6) is 5.75 Å². The summed E-state index contributed by atoms with van der Waals surface area (Å²) in [7, 11) is -3.75. The van der Waals surface area contributed by atoms with Gasteiger partial charge in [0, 0.05) is 18.8 Å². The highest BCUT2D eigenvalue weighted by Crippen LogP contribution is 2.30. The predicted octanol–water partition coefficient (Wildman–Crippen LogP) is 0.392. The summed E-state index contributed by atoms with van der Waals surface area (Å²) in [5.41, 5.74) is 5.88. The molecular weight excluding hydrogens is 334 g/mol. The first-order valence-corrected chi connectivity index (χ1v) is 9.21. The zero-order valence-electron chi connectivity index (χ0n) is 13.8.